The maximum absolute atomic E-state index is 11.9. The number of aromatic nitrogens is 2. The minimum absolute atomic E-state index is 0.217. The number of amides is 1. The molecule has 0 radical (unpaired) electrons. The minimum atomic E-state index is -0.217. The Morgan fingerprint density at radius 1 is 1.26 bits per heavy atom. The van der Waals surface area contributed by atoms with Crippen molar-refractivity contribution in [3.05, 3.63) is 46.3 Å². The van der Waals surface area contributed by atoms with E-state index in [9.17, 15) is 4.79 Å². The van der Waals surface area contributed by atoms with Crippen molar-refractivity contribution >= 4 is 33.3 Å². The summed E-state index contributed by atoms with van der Waals surface area (Å²) in [5.74, 6) is 0.381. The van der Waals surface area contributed by atoms with Crippen LogP contribution in [-0.2, 0) is 0 Å². The molecule has 7 heteroatoms. The van der Waals surface area contributed by atoms with Crippen LogP contribution < -0.4 is 10.6 Å². The monoisotopic (exact) mass is 377 g/mol. The fourth-order valence-corrected chi connectivity index (χ4v) is 2.37. The van der Waals surface area contributed by atoms with Crippen molar-refractivity contribution in [3.63, 3.8) is 0 Å². The number of carbonyl (C=O) groups excluding carboxylic acids is 1. The third-order valence-corrected chi connectivity index (χ3v) is 3.67. The number of likely N-dealkylation sites (N-methyl/N-ethyl adjacent to an activating group) is 1. The fraction of sp³-hybridized carbons (Fsp3) is 0.312. The van der Waals surface area contributed by atoms with Gasteiger partial charge in [0.2, 0.25) is 0 Å². The SMILES string of the molecule is Cc1cc(Br)ccc1Nc1cnc(C(=O)NCCN(C)C)cn1. The van der Waals surface area contributed by atoms with Crippen LogP contribution in [0, 0.1) is 6.92 Å². The number of hydrogen-bond donors (Lipinski definition) is 2. The molecule has 1 aromatic heterocycles. The predicted octanol–water partition coefficient (Wildman–Crippen LogP) is 2.58. The lowest BCUT2D eigenvalue weighted by atomic mass is 10.2. The molecular weight excluding hydrogens is 358 g/mol. The molecule has 0 aliphatic heterocycles. The Balaban J connectivity index is 1.97. The largest absolute Gasteiger partial charge is 0.349 e. The molecule has 0 saturated heterocycles. The van der Waals surface area contributed by atoms with Gasteiger partial charge in [-0.1, -0.05) is 15.9 Å². The zero-order chi connectivity index (χ0) is 16.8. The lowest BCUT2D eigenvalue weighted by molar-refractivity contribution is 0.0945. The highest BCUT2D eigenvalue weighted by Crippen LogP contribution is 2.22. The standard InChI is InChI=1S/C16H20BrN5O/c1-11-8-12(17)4-5-13(11)21-15-10-19-14(9-20-15)16(23)18-6-7-22(2)3/h4-5,8-10H,6-7H2,1-3H3,(H,18,23)(H,20,21). The van der Waals surface area contributed by atoms with Gasteiger partial charge in [0.05, 0.1) is 12.4 Å². The Morgan fingerprint density at radius 3 is 2.65 bits per heavy atom. The summed E-state index contributed by atoms with van der Waals surface area (Å²) in [6, 6.07) is 5.93. The van der Waals surface area contributed by atoms with Crippen LogP contribution in [0.2, 0.25) is 0 Å². The van der Waals surface area contributed by atoms with Crippen LogP contribution in [0.25, 0.3) is 0 Å². The normalized spacial score (nSPS) is 10.7. The van der Waals surface area contributed by atoms with Gasteiger partial charge in [-0.25, -0.2) is 9.97 Å². The van der Waals surface area contributed by atoms with E-state index in [1.165, 1.54) is 6.20 Å². The van der Waals surface area contributed by atoms with E-state index in [1.807, 2.05) is 44.1 Å². The summed E-state index contributed by atoms with van der Waals surface area (Å²) >= 11 is 3.43. The van der Waals surface area contributed by atoms with E-state index in [0.717, 1.165) is 22.3 Å². The topological polar surface area (TPSA) is 70.2 Å². The molecule has 0 aliphatic rings. The van der Waals surface area contributed by atoms with Crippen molar-refractivity contribution in [3.8, 4) is 0 Å². The Hall–Kier alpha value is -1.99. The van der Waals surface area contributed by atoms with E-state index in [-0.39, 0.29) is 5.91 Å². The van der Waals surface area contributed by atoms with E-state index >= 15 is 0 Å². The van der Waals surface area contributed by atoms with Gasteiger partial charge in [0.25, 0.3) is 5.91 Å². The zero-order valence-electron chi connectivity index (χ0n) is 13.4. The molecule has 0 atom stereocenters. The van der Waals surface area contributed by atoms with Crippen molar-refractivity contribution in [1.29, 1.82) is 0 Å². The average Bonchev–Trinajstić information content (AvgIpc) is 2.50. The average molecular weight is 378 g/mol. The maximum atomic E-state index is 11.9. The highest BCUT2D eigenvalue weighted by Gasteiger charge is 2.08. The summed E-state index contributed by atoms with van der Waals surface area (Å²) in [5, 5.41) is 6.00. The van der Waals surface area contributed by atoms with E-state index in [2.05, 4.69) is 36.5 Å². The molecule has 1 aromatic carbocycles. The third-order valence-electron chi connectivity index (χ3n) is 3.18. The number of nitrogens with one attached hydrogen (secondary N) is 2. The van der Waals surface area contributed by atoms with Gasteiger partial charge in [0, 0.05) is 23.2 Å². The van der Waals surface area contributed by atoms with Crippen LogP contribution >= 0.6 is 15.9 Å². The first-order valence-electron chi connectivity index (χ1n) is 7.24. The Labute approximate surface area is 144 Å². The second-order valence-corrected chi connectivity index (χ2v) is 6.35. The third kappa shape index (κ3) is 5.30. The maximum Gasteiger partial charge on any atom is 0.271 e. The van der Waals surface area contributed by atoms with Crippen molar-refractivity contribution < 1.29 is 4.79 Å². The molecule has 1 amide bonds. The molecule has 2 aromatic rings. The highest BCUT2D eigenvalue weighted by molar-refractivity contribution is 9.10. The van der Waals surface area contributed by atoms with E-state index in [0.29, 0.717) is 18.1 Å². The Kier molecular flexibility index (Phi) is 6.06. The van der Waals surface area contributed by atoms with Crippen LogP contribution in [-0.4, -0.2) is 48.0 Å². The van der Waals surface area contributed by atoms with Gasteiger partial charge in [0.15, 0.2) is 0 Å². The molecule has 0 unspecified atom stereocenters. The fourth-order valence-electron chi connectivity index (χ4n) is 1.90. The molecule has 122 valence electrons. The lowest BCUT2D eigenvalue weighted by Crippen LogP contribution is -2.31. The minimum Gasteiger partial charge on any atom is -0.349 e. The van der Waals surface area contributed by atoms with Gasteiger partial charge in [0.1, 0.15) is 11.5 Å². The van der Waals surface area contributed by atoms with Crippen molar-refractivity contribution in [2.75, 3.05) is 32.5 Å². The number of carbonyl (C=O) groups is 1. The van der Waals surface area contributed by atoms with Gasteiger partial charge >= 0.3 is 0 Å². The van der Waals surface area contributed by atoms with Gasteiger partial charge in [-0.15, -0.1) is 0 Å². The zero-order valence-corrected chi connectivity index (χ0v) is 15.0. The molecular formula is C16H20BrN5O. The first-order chi connectivity index (χ1) is 11.0. The molecule has 2 N–H and O–H groups in total. The molecule has 0 bridgehead atoms. The van der Waals surface area contributed by atoms with Crippen molar-refractivity contribution in [1.82, 2.24) is 20.2 Å². The smallest absolute Gasteiger partial charge is 0.271 e. The first kappa shape index (κ1) is 17.4. The van der Waals surface area contributed by atoms with Crippen LogP contribution in [0.15, 0.2) is 35.1 Å². The number of hydrogen-bond acceptors (Lipinski definition) is 5. The lowest BCUT2D eigenvalue weighted by Gasteiger charge is -2.11. The van der Waals surface area contributed by atoms with Crippen LogP contribution in [0.1, 0.15) is 16.1 Å². The first-order valence-corrected chi connectivity index (χ1v) is 8.03. The van der Waals surface area contributed by atoms with Gasteiger partial charge in [-0.3, -0.25) is 4.79 Å². The second-order valence-electron chi connectivity index (χ2n) is 5.43. The van der Waals surface area contributed by atoms with Crippen LogP contribution in [0.5, 0.6) is 0 Å². The van der Waals surface area contributed by atoms with Gasteiger partial charge in [-0.2, -0.15) is 0 Å². The quantitative estimate of drug-likeness (QED) is 0.809. The number of rotatable bonds is 6. The summed E-state index contributed by atoms with van der Waals surface area (Å²) in [5.41, 5.74) is 2.35. The predicted molar refractivity (Wildman–Crippen MR) is 95.1 cm³/mol. The number of halogens is 1. The van der Waals surface area contributed by atoms with Crippen molar-refractivity contribution in [2.24, 2.45) is 0 Å². The Morgan fingerprint density at radius 2 is 2.04 bits per heavy atom. The number of anilines is 2. The number of nitrogens with zero attached hydrogens (tertiary/aromatic N) is 3. The molecule has 2 rings (SSSR count). The van der Waals surface area contributed by atoms with E-state index in [4.69, 9.17) is 0 Å². The summed E-state index contributed by atoms with van der Waals surface area (Å²) in [6.07, 6.45) is 3.03. The molecule has 0 spiro atoms. The van der Waals surface area contributed by atoms with Crippen LogP contribution in [0.3, 0.4) is 0 Å². The van der Waals surface area contributed by atoms with E-state index < -0.39 is 0 Å². The molecule has 6 nitrogen and oxygen atoms in total. The molecule has 0 aliphatic carbocycles. The summed E-state index contributed by atoms with van der Waals surface area (Å²) in [6.45, 7) is 3.36. The molecule has 1 heterocycles. The summed E-state index contributed by atoms with van der Waals surface area (Å²) in [4.78, 5) is 22.3. The van der Waals surface area contributed by atoms with Gasteiger partial charge in [-0.05, 0) is 44.8 Å². The number of benzene rings is 1. The van der Waals surface area contributed by atoms with Gasteiger partial charge < -0.3 is 15.5 Å². The second kappa shape index (κ2) is 8.03. The highest BCUT2D eigenvalue weighted by atomic mass is 79.9. The molecule has 0 fully saturated rings. The summed E-state index contributed by atoms with van der Waals surface area (Å²) in [7, 11) is 3.91. The van der Waals surface area contributed by atoms with Crippen molar-refractivity contribution in [2.45, 2.75) is 6.92 Å². The summed E-state index contributed by atoms with van der Waals surface area (Å²) < 4.78 is 1.02. The van der Waals surface area contributed by atoms with Crippen LogP contribution in [0.4, 0.5) is 11.5 Å². The molecule has 0 saturated carbocycles. The molecule has 23 heavy (non-hydrogen) atoms. The number of aryl methyl sites for hydroxylation is 1. The Bertz CT molecular complexity index is 673. The van der Waals surface area contributed by atoms with E-state index in [1.54, 1.807) is 6.20 Å².